The number of nitrogens with one attached hydrogen (secondary N) is 2. The topological polar surface area (TPSA) is 106 Å². The average molecular weight is 460 g/mol. The molecular formula is C26H25N3O5. The number of nitro groups is 1. The van der Waals surface area contributed by atoms with Gasteiger partial charge >= 0.3 is 0 Å². The van der Waals surface area contributed by atoms with E-state index in [0.29, 0.717) is 17.1 Å². The first-order chi connectivity index (χ1) is 16.5. The van der Waals surface area contributed by atoms with Crippen LogP contribution in [0.4, 0.5) is 5.69 Å². The van der Waals surface area contributed by atoms with Gasteiger partial charge in [-0.05, 0) is 30.7 Å². The van der Waals surface area contributed by atoms with Crippen LogP contribution in [0.1, 0.15) is 33.0 Å². The smallest absolute Gasteiger partial charge is 0.285 e. The summed E-state index contributed by atoms with van der Waals surface area (Å²) < 4.78 is 11.2. The highest BCUT2D eigenvalue weighted by molar-refractivity contribution is 5.98. The zero-order chi connectivity index (χ0) is 24.2. The predicted molar refractivity (Wildman–Crippen MR) is 130 cm³/mol. The zero-order valence-electron chi connectivity index (χ0n) is 19.1. The lowest BCUT2D eigenvalue weighted by Crippen LogP contribution is -2.29. The highest BCUT2D eigenvalue weighted by Crippen LogP contribution is 2.40. The summed E-state index contributed by atoms with van der Waals surface area (Å²) in [7, 11) is 3.14. The number of aryl methyl sites for hydroxylation is 1. The van der Waals surface area contributed by atoms with E-state index in [-0.39, 0.29) is 23.7 Å². The minimum Gasteiger partial charge on any atom is -0.493 e. The number of aromatic amines is 1. The molecule has 4 aromatic rings. The van der Waals surface area contributed by atoms with Crippen molar-refractivity contribution >= 4 is 22.5 Å². The Bertz CT molecular complexity index is 1360. The second kappa shape index (κ2) is 9.66. The van der Waals surface area contributed by atoms with Crippen LogP contribution >= 0.6 is 0 Å². The summed E-state index contributed by atoms with van der Waals surface area (Å²) >= 11 is 0. The fraction of sp³-hybridized carbons (Fsp3) is 0.192. The van der Waals surface area contributed by atoms with Crippen LogP contribution in [0.5, 0.6) is 11.5 Å². The van der Waals surface area contributed by atoms with E-state index in [1.807, 2.05) is 48.7 Å². The number of para-hydroxylation sites is 3. The van der Waals surface area contributed by atoms with Gasteiger partial charge in [-0.2, -0.15) is 0 Å². The average Bonchev–Trinajstić information content (AvgIpc) is 3.27. The van der Waals surface area contributed by atoms with Crippen molar-refractivity contribution in [1.29, 1.82) is 0 Å². The number of nitro benzene ring substituents is 1. The second-order valence-corrected chi connectivity index (χ2v) is 7.86. The van der Waals surface area contributed by atoms with Crippen LogP contribution < -0.4 is 14.8 Å². The van der Waals surface area contributed by atoms with Crippen LogP contribution in [0, 0.1) is 17.0 Å². The molecular weight excluding hydrogens is 434 g/mol. The molecule has 3 aromatic carbocycles. The monoisotopic (exact) mass is 459 g/mol. The molecule has 1 atom stereocenters. The number of ether oxygens (including phenoxy) is 2. The number of methoxy groups -OCH3 is 2. The molecule has 0 saturated heterocycles. The first-order valence-corrected chi connectivity index (χ1v) is 10.7. The Morgan fingerprint density at radius 2 is 1.79 bits per heavy atom. The third-order valence-corrected chi connectivity index (χ3v) is 5.94. The van der Waals surface area contributed by atoms with Crippen molar-refractivity contribution in [2.24, 2.45) is 0 Å². The molecule has 8 nitrogen and oxygen atoms in total. The molecule has 0 aliphatic rings. The summed E-state index contributed by atoms with van der Waals surface area (Å²) in [6.45, 7) is 1.81. The van der Waals surface area contributed by atoms with Gasteiger partial charge in [-0.15, -0.1) is 0 Å². The second-order valence-electron chi connectivity index (χ2n) is 7.86. The molecule has 0 aliphatic carbocycles. The molecule has 1 aromatic heterocycles. The predicted octanol–water partition coefficient (Wildman–Crippen LogP) is 4.96. The third kappa shape index (κ3) is 4.17. The molecule has 1 amide bonds. The van der Waals surface area contributed by atoms with Gasteiger partial charge in [-0.1, -0.05) is 42.5 Å². The van der Waals surface area contributed by atoms with Crippen LogP contribution in [0.3, 0.4) is 0 Å². The lowest BCUT2D eigenvalue weighted by molar-refractivity contribution is -0.385. The van der Waals surface area contributed by atoms with Crippen molar-refractivity contribution in [2.45, 2.75) is 12.8 Å². The lowest BCUT2D eigenvalue weighted by atomic mass is 9.89. The molecule has 1 heterocycles. The number of amides is 1. The number of hydrogen-bond donors (Lipinski definition) is 2. The molecule has 0 aliphatic heterocycles. The Kier molecular flexibility index (Phi) is 6.49. The molecule has 0 saturated carbocycles. The molecule has 174 valence electrons. The number of fused-ring (bicyclic) bond motifs is 1. The maximum atomic E-state index is 13.1. The Morgan fingerprint density at radius 3 is 2.53 bits per heavy atom. The fourth-order valence-electron chi connectivity index (χ4n) is 4.33. The molecule has 0 bridgehead atoms. The number of hydrogen-bond acceptors (Lipinski definition) is 5. The summed E-state index contributed by atoms with van der Waals surface area (Å²) in [5.74, 6) is 0.317. The van der Waals surface area contributed by atoms with E-state index in [0.717, 1.165) is 22.0 Å². The minimum atomic E-state index is -0.521. The maximum Gasteiger partial charge on any atom is 0.285 e. The minimum absolute atomic E-state index is 0.0280. The molecule has 0 radical (unpaired) electrons. The summed E-state index contributed by atoms with van der Waals surface area (Å²) in [6.07, 6.45) is 1.91. The molecule has 0 spiro atoms. The van der Waals surface area contributed by atoms with E-state index in [2.05, 4.69) is 10.3 Å². The fourth-order valence-corrected chi connectivity index (χ4v) is 4.33. The van der Waals surface area contributed by atoms with Gasteiger partial charge in [0.15, 0.2) is 11.5 Å². The van der Waals surface area contributed by atoms with Crippen molar-refractivity contribution < 1.29 is 19.2 Å². The van der Waals surface area contributed by atoms with Crippen molar-refractivity contribution in [2.75, 3.05) is 20.8 Å². The third-order valence-electron chi connectivity index (χ3n) is 5.94. The number of benzene rings is 3. The molecule has 4 rings (SSSR count). The normalized spacial score (nSPS) is 11.7. The largest absolute Gasteiger partial charge is 0.493 e. The Hall–Kier alpha value is -4.33. The van der Waals surface area contributed by atoms with E-state index < -0.39 is 10.8 Å². The molecule has 0 fully saturated rings. The maximum absolute atomic E-state index is 13.1. The number of H-pyrrole nitrogens is 1. The van der Waals surface area contributed by atoms with Gasteiger partial charge in [0.25, 0.3) is 11.6 Å². The first-order valence-electron chi connectivity index (χ1n) is 10.7. The Morgan fingerprint density at radius 1 is 1.03 bits per heavy atom. The van der Waals surface area contributed by atoms with Gasteiger partial charge in [-0.3, -0.25) is 14.9 Å². The van der Waals surface area contributed by atoms with Crippen molar-refractivity contribution in [1.82, 2.24) is 10.3 Å². The highest BCUT2D eigenvalue weighted by atomic mass is 16.6. The van der Waals surface area contributed by atoms with Gasteiger partial charge in [0, 0.05) is 40.7 Å². The molecule has 8 heteroatoms. The number of rotatable bonds is 8. The summed E-state index contributed by atoms with van der Waals surface area (Å²) in [4.78, 5) is 27.4. The van der Waals surface area contributed by atoms with Gasteiger partial charge in [-0.25, -0.2) is 0 Å². The van der Waals surface area contributed by atoms with Gasteiger partial charge < -0.3 is 19.8 Å². The summed E-state index contributed by atoms with van der Waals surface area (Å²) in [5.41, 5.74) is 3.01. The Balaban J connectivity index is 1.76. The van der Waals surface area contributed by atoms with E-state index in [1.165, 1.54) is 6.07 Å². The number of carbonyl (C=O) groups is 1. The van der Waals surface area contributed by atoms with Crippen LogP contribution in [0.2, 0.25) is 0 Å². The quantitative estimate of drug-likeness (QED) is 0.286. The standard InChI is InChI=1S/C26H25N3O5/c1-16-8-6-11-19(24(16)29(31)32)26(30)28-15-21(18-10-7-13-23(33-2)25(18)34-3)20-14-27-22-12-5-4-9-17(20)22/h4-14,21,27H,15H2,1-3H3,(H,28,30). The number of carbonyl (C=O) groups excluding carboxylic acids is 1. The van der Waals surface area contributed by atoms with Crippen molar-refractivity contribution in [3.05, 3.63) is 99.2 Å². The zero-order valence-corrected chi connectivity index (χ0v) is 19.1. The van der Waals surface area contributed by atoms with Crippen LogP contribution in [0.15, 0.2) is 66.9 Å². The van der Waals surface area contributed by atoms with Crippen LogP contribution in [-0.2, 0) is 0 Å². The SMILES string of the molecule is COc1cccc(C(CNC(=O)c2cccc(C)c2[N+](=O)[O-])c2c[nH]c3ccccc23)c1OC. The van der Waals surface area contributed by atoms with E-state index in [9.17, 15) is 14.9 Å². The first kappa shape index (κ1) is 22.8. The van der Waals surface area contributed by atoms with Crippen LogP contribution in [-0.4, -0.2) is 36.6 Å². The number of nitrogens with zero attached hydrogens (tertiary/aromatic N) is 1. The number of aromatic nitrogens is 1. The molecule has 34 heavy (non-hydrogen) atoms. The highest BCUT2D eigenvalue weighted by Gasteiger charge is 2.27. The van der Waals surface area contributed by atoms with E-state index in [4.69, 9.17) is 9.47 Å². The molecule has 2 N–H and O–H groups in total. The van der Waals surface area contributed by atoms with Gasteiger partial charge in [0.05, 0.1) is 19.1 Å². The summed E-state index contributed by atoms with van der Waals surface area (Å²) in [5, 5.41) is 15.5. The Labute approximate surface area is 196 Å². The van der Waals surface area contributed by atoms with Gasteiger partial charge in [0.2, 0.25) is 0 Å². The van der Waals surface area contributed by atoms with E-state index >= 15 is 0 Å². The summed E-state index contributed by atoms with van der Waals surface area (Å²) in [6, 6.07) is 18.2. The van der Waals surface area contributed by atoms with E-state index in [1.54, 1.807) is 33.3 Å². The molecule has 1 unspecified atom stereocenters. The lowest BCUT2D eigenvalue weighted by Gasteiger charge is -2.22. The van der Waals surface area contributed by atoms with Crippen molar-refractivity contribution in [3.63, 3.8) is 0 Å². The van der Waals surface area contributed by atoms with Crippen LogP contribution in [0.25, 0.3) is 10.9 Å². The van der Waals surface area contributed by atoms with Crippen molar-refractivity contribution in [3.8, 4) is 11.5 Å². The van der Waals surface area contributed by atoms with Gasteiger partial charge in [0.1, 0.15) is 5.56 Å².